The highest BCUT2D eigenvalue weighted by Gasteiger charge is 2.18. The van der Waals surface area contributed by atoms with Gasteiger partial charge in [0, 0.05) is 6.07 Å². The normalized spacial score (nSPS) is 13.9. The Morgan fingerprint density at radius 2 is 2.04 bits per heavy atom. The number of benzene rings is 1. The maximum Gasteiger partial charge on any atom is 0.287 e. The van der Waals surface area contributed by atoms with E-state index in [0.717, 1.165) is 41.7 Å². The second-order valence-electron chi connectivity index (χ2n) is 6.94. The summed E-state index contributed by atoms with van der Waals surface area (Å²) in [5.74, 6) is -0.461. The molecule has 0 aliphatic heterocycles. The summed E-state index contributed by atoms with van der Waals surface area (Å²) in [4.78, 5) is 34.8. The molecule has 1 atom stereocenters. The molecule has 2 aromatic rings. The van der Waals surface area contributed by atoms with Crippen molar-refractivity contribution in [3.63, 3.8) is 0 Å². The van der Waals surface area contributed by atoms with Crippen LogP contribution in [0.2, 0.25) is 0 Å². The lowest BCUT2D eigenvalue weighted by molar-refractivity contribution is -0.385. The summed E-state index contributed by atoms with van der Waals surface area (Å²) in [6.07, 6.45) is 5.44. The van der Waals surface area contributed by atoms with Crippen LogP contribution in [-0.2, 0) is 24.2 Å². The predicted molar refractivity (Wildman–Crippen MR) is 102 cm³/mol. The molecule has 8 heteroatoms. The molecular formula is C20H20N4O4. The number of nitriles is 1. The Morgan fingerprint density at radius 3 is 2.71 bits per heavy atom. The van der Waals surface area contributed by atoms with E-state index in [9.17, 15) is 19.7 Å². The van der Waals surface area contributed by atoms with Crippen LogP contribution >= 0.6 is 0 Å². The topological polar surface area (TPSA) is 118 Å². The number of aryl methyl sites for hydroxylation is 2. The Bertz CT molecular complexity index is 1040. The van der Waals surface area contributed by atoms with Gasteiger partial charge in [-0.05, 0) is 49.3 Å². The minimum atomic E-state index is -0.732. The van der Waals surface area contributed by atoms with Crippen LogP contribution in [0.25, 0.3) is 0 Å². The van der Waals surface area contributed by atoms with Crippen molar-refractivity contribution in [2.75, 3.05) is 0 Å². The number of nitro groups is 1. The van der Waals surface area contributed by atoms with Crippen LogP contribution in [0.15, 0.2) is 35.3 Å². The van der Waals surface area contributed by atoms with Crippen LogP contribution in [0.3, 0.4) is 0 Å². The van der Waals surface area contributed by atoms with Gasteiger partial charge in [0.05, 0.1) is 17.2 Å². The van der Waals surface area contributed by atoms with Gasteiger partial charge in [0.15, 0.2) is 0 Å². The van der Waals surface area contributed by atoms with Crippen LogP contribution in [0.5, 0.6) is 0 Å². The second-order valence-corrected chi connectivity index (χ2v) is 6.94. The van der Waals surface area contributed by atoms with E-state index in [1.165, 1.54) is 17.5 Å². The zero-order chi connectivity index (χ0) is 20.3. The third-order valence-corrected chi connectivity index (χ3v) is 4.97. The molecule has 1 aromatic heterocycles. The number of carbonyl (C=O) groups is 1. The van der Waals surface area contributed by atoms with Crippen LogP contribution in [0, 0.1) is 21.4 Å². The SMILES string of the molecule is C[C@H](NC(=O)Cn1cc([N+](=O)[O-])cc(C#N)c1=O)c1ccc2c(c1)CCCC2. The Hall–Kier alpha value is -3.47. The van der Waals surface area contributed by atoms with E-state index in [1.807, 2.05) is 13.0 Å². The van der Waals surface area contributed by atoms with Gasteiger partial charge in [0.1, 0.15) is 18.2 Å². The number of carbonyl (C=O) groups excluding carboxylic acids is 1. The van der Waals surface area contributed by atoms with Crippen LogP contribution in [0.4, 0.5) is 5.69 Å². The summed E-state index contributed by atoms with van der Waals surface area (Å²) in [7, 11) is 0. The molecule has 0 radical (unpaired) electrons. The first-order chi connectivity index (χ1) is 13.4. The van der Waals surface area contributed by atoms with Crippen molar-refractivity contribution < 1.29 is 9.72 Å². The third-order valence-electron chi connectivity index (χ3n) is 4.97. The van der Waals surface area contributed by atoms with E-state index < -0.39 is 28.6 Å². The van der Waals surface area contributed by atoms with Gasteiger partial charge in [-0.3, -0.25) is 24.3 Å². The molecular weight excluding hydrogens is 360 g/mol. The number of hydrogen-bond acceptors (Lipinski definition) is 5. The van der Waals surface area contributed by atoms with Crippen molar-refractivity contribution in [3.8, 4) is 6.07 Å². The highest BCUT2D eigenvalue weighted by atomic mass is 16.6. The largest absolute Gasteiger partial charge is 0.348 e. The highest BCUT2D eigenvalue weighted by Crippen LogP contribution is 2.24. The average molecular weight is 380 g/mol. The molecule has 1 heterocycles. The smallest absolute Gasteiger partial charge is 0.287 e. The predicted octanol–water partition coefficient (Wildman–Crippen LogP) is 2.38. The summed E-state index contributed by atoms with van der Waals surface area (Å²) in [6.45, 7) is 1.45. The van der Waals surface area contributed by atoms with Crippen LogP contribution in [0.1, 0.15) is 48.1 Å². The molecule has 3 rings (SSSR count). The van der Waals surface area contributed by atoms with Gasteiger partial charge >= 0.3 is 0 Å². The molecule has 0 spiro atoms. The summed E-state index contributed by atoms with van der Waals surface area (Å²) < 4.78 is 0.894. The Morgan fingerprint density at radius 1 is 1.32 bits per heavy atom. The number of aromatic nitrogens is 1. The van der Waals surface area contributed by atoms with Crippen molar-refractivity contribution in [1.82, 2.24) is 9.88 Å². The van der Waals surface area contributed by atoms with Crippen LogP contribution in [-0.4, -0.2) is 15.4 Å². The third kappa shape index (κ3) is 4.09. The summed E-state index contributed by atoms with van der Waals surface area (Å²) in [5, 5.41) is 22.8. The van der Waals surface area contributed by atoms with E-state index in [1.54, 1.807) is 6.07 Å². The van der Waals surface area contributed by atoms with E-state index in [2.05, 4.69) is 17.4 Å². The van der Waals surface area contributed by atoms with Crippen molar-refractivity contribution in [2.45, 2.75) is 45.2 Å². The lowest BCUT2D eigenvalue weighted by atomic mass is 9.89. The molecule has 0 fully saturated rings. The first-order valence-electron chi connectivity index (χ1n) is 9.09. The summed E-state index contributed by atoms with van der Waals surface area (Å²) in [5.41, 5.74) is 2.11. The molecule has 28 heavy (non-hydrogen) atoms. The number of rotatable bonds is 5. The molecule has 1 aromatic carbocycles. The van der Waals surface area contributed by atoms with E-state index in [0.29, 0.717) is 0 Å². The van der Waals surface area contributed by atoms with Gasteiger partial charge in [-0.1, -0.05) is 18.2 Å². The Kier molecular flexibility index (Phi) is 5.54. The number of fused-ring (bicyclic) bond motifs is 1. The number of nitrogens with zero attached hydrogens (tertiary/aromatic N) is 3. The number of pyridine rings is 1. The number of nitrogens with one attached hydrogen (secondary N) is 1. The fraction of sp³-hybridized carbons (Fsp3) is 0.350. The van der Waals surface area contributed by atoms with Crippen molar-refractivity contribution in [3.05, 3.63) is 73.2 Å². The summed E-state index contributed by atoms with van der Waals surface area (Å²) in [6, 6.07) is 8.45. The fourth-order valence-electron chi connectivity index (χ4n) is 3.47. The lowest BCUT2D eigenvalue weighted by Gasteiger charge is -2.20. The zero-order valence-corrected chi connectivity index (χ0v) is 15.5. The zero-order valence-electron chi connectivity index (χ0n) is 15.5. The fourth-order valence-corrected chi connectivity index (χ4v) is 3.47. The molecule has 1 aliphatic rings. The molecule has 0 saturated carbocycles. The Labute approximate surface area is 161 Å². The van der Waals surface area contributed by atoms with E-state index in [4.69, 9.17) is 5.26 Å². The molecule has 0 bridgehead atoms. The maximum atomic E-state index is 12.4. The first-order valence-corrected chi connectivity index (χ1v) is 9.09. The molecule has 8 nitrogen and oxygen atoms in total. The van der Waals surface area contributed by atoms with E-state index >= 15 is 0 Å². The van der Waals surface area contributed by atoms with Crippen molar-refractivity contribution in [2.24, 2.45) is 0 Å². The molecule has 1 amide bonds. The maximum absolute atomic E-state index is 12.4. The number of amides is 1. The minimum Gasteiger partial charge on any atom is -0.348 e. The molecule has 0 unspecified atom stereocenters. The average Bonchev–Trinajstić information content (AvgIpc) is 2.68. The first kappa shape index (κ1) is 19.3. The molecule has 0 saturated heterocycles. The standard InChI is InChI=1S/C20H20N4O4/c1-13(15-7-6-14-4-2-3-5-16(14)8-15)22-19(25)12-23-11-18(24(27)28)9-17(10-21)20(23)26/h6-9,11,13H,2-5,12H2,1H3,(H,22,25)/t13-/m0/s1. The molecule has 144 valence electrons. The minimum absolute atomic E-state index is 0.274. The van der Waals surface area contributed by atoms with Gasteiger partial charge in [0.25, 0.3) is 11.2 Å². The summed E-state index contributed by atoms with van der Waals surface area (Å²) >= 11 is 0. The Balaban J connectivity index is 1.75. The van der Waals surface area contributed by atoms with Crippen molar-refractivity contribution >= 4 is 11.6 Å². The van der Waals surface area contributed by atoms with Gasteiger partial charge in [-0.2, -0.15) is 5.26 Å². The monoisotopic (exact) mass is 380 g/mol. The number of hydrogen-bond donors (Lipinski definition) is 1. The molecule has 1 N–H and O–H groups in total. The van der Waals surface area contributed by atoms with E-state index in [-0.39, 0.29) is 11.6 Å². The molecule has 1 aliphatic carbocycles. The highest BCUT2D eigenvalue weighted by molar-refractivity contribution is 5.76. The quantitative estimate of drug-likeness (QED) is 0.631. The second kappa shape index (κ2) is 8.05. The van der Waals surface area contributed by atoms with Gasteiger partial charge in [0.2, 0.25) is 5.91 Å². The van der Waals surface area contributed by atoms with Gasteiger partial charge < -0.3 is 5.32 Å². The van der Waals surface area contributed by atoms with Crippen molar-refractivity contribution in [1.29, 1.82) is 5.26 Å². The van der Waals surface area contributed by atoms with Gasteiger partial charge in [-0.25, -0.2) is 0 Å². The lowest BCUT2D eigenvalue weighted by Crippen LogP contribution is -2.34. The van der Waals surface area contributed by atoms with Crippen LogP contribution < -0.4 is 10.9 Å². The van der Waals surface area contributed by atoms with Gasteiger partial charge in [-0.15, -0.1) is 0 Å².